The number of benzene rings is 1. The number of aliphatic carboxylic acids is 1. The fourth-order valence-electron chi connectivity index (χ4n) is 1.66. The molecule has 0 radical (unpaired) electrons. The second-order valence-electron chi connectivity index (χ2n) is 5.80. The molecule has 23 heavy (non-hydrogen) atoms. The Bertz CT molecular complexity index is 549. The average Bonchev–Trinajstić information content (AvgIpc) is 2.43. The normalized spacial score (nSPS) is 12.1. The highest BCUT2D eigenvalue weighted by Crippen LogP contribution is 2.18. The molecule has 0 aliphatic heterocycles. The number of carboxylic acid groups (broad SMARTS) is 1. The Kier molecular flexibility index (Phi) is 6.56. The van der Waals surface area contributed by atoms with E-state index in [-0.39, 0.29) is 13.0 Å². The van der Waals surface area contributed by atoms with Crippen LogP contribution in [0.25, 0.3) is 0 Å². The third kappa shape index (κ3) is 7.30. The number of ether oxygens (including phenoxy) is 2. The summed E-state index contributed by atoms with van der Waals surface area (Å²) in [6, 6.07) is 8.16. The molecule has 0 fully saturated rings. The Morgan fingerprint density at radius 1 is 1.17 bits per heavy atom. The van der Waals surface area contributed by atoms with Crippen LogP contribution in [0.1, 0.15) is 38.9 Å². The van der Waals surface area contributed by atoms with E-state index in [4.69, 9.17) is 14.6 Å². The highest BCUT2D eigenvalue weighted by molar-refractivity contribution is 5.79. The fraction of sp³-hybridized carbons (Fsp3) is 0.438. The van der Waals surface area contributed by atoms with Crippen LogP contribution in [-0.2, 0) is 19.1 Å². The molecule has 0 unspecified atom stereocenters. The van der Waals surface area contributed by atoms with Gasteiger partial charge in [-0.2, -0.15) is 0 Å². The first kappa shape index (κ1) is 18.5. The minimum Gasteiger partial charge on any atom is -0.478 e. The van der Waals surface area contributed by atoms with Gasteiger partial charge in [0.2, 0.25) is 6.10 Å². The second-order valence-corrected chi connectivity index (χ2v) is 5.80. The van der Waals surface area contributed by atoms with Crippen LogP contribution in [0.15, 0.2) is 30.3 Å². The fourth-order valence-corrected chi connectivity index (χ4v) is 1.66. The lowest BCUT2D eigenvalue weighted by Gasteiger charge is -2.19. The summed E-state index contributed by atoms with van der Waals surface area (Å²) >= 11 is 0. The molecule has 0 heterocycles. The van der Waals surface area contributed by atoms with Gasteiger partial charge in [-0.1, -0.05) is 30.3 Å². The van der Waals surface area contributed by atoms with E-state index in [1.165, 1.54) is 0 Å². The Morgan fingerprint density at radius 2 is 1.78 bits per heavy atom. The maximum Gasteiger partial charge on any atom is 0.407 e. The minimum absolute atomic E-state index is 0.00508. The van der Waals surface area contributed by atoms with Crippen molar-refractivity contribution in [3.8, 4) is 0 Å². The molecule has 0 saturated carbocycles. The van der Waals surface area contributed by atoms with Gasteiger partial charge in [-0.3, -0.25) is 4.79 Å². The van der Waals surface area contributed by atoms with Crippen LogP contribution in [-0.4, -0.2) is 35.3 Å². The summed E-state index contributed by atoms with van der Waals surface area (Å²) in [5.41, 5.74) is -0.264. The zero-order chi connectivity index (χ0) is 17.5. The van der Waals surface area contributed by atoms with Crippen molar-refractivity contribution in [2.24, 2.45) is 0 Å². The van der Waals surface area contributed by atoms with Crippen molar-refractivity contribution >= 4 is 18.0 Å². The molecule has 0 aromatic heterocycles. The summed E-state index contributed by atoms with van der Waals surface area (Å²) in [7, 11) is 0. The van der Waals surface area contributed by atoms with Crippen LogP contribution in [0.3, 0.4) is 0 Å². The summed E-state index contributed by atoms with van der Waals surface area (Å²) in [5, 5.41) is 11.6. The van der Waals surface area contributed by atoms with Crippen LogP contribution in [0, 0.1) is 0 Å². The van der Waals surface area contributed by atoms with Gasteiger partial charge in [0.15, 0.2) is 0 Å². The van der Waals surface area contributed by atoms with E-state index in [2.05, 4.69) is 5.32 Å². The van der Waals surface area contributed by atoms with E-state index in [1.54, 1.807) is 51.1 Å². The number of hydrogen-bond donors (Lipinski definition) is 2. The van der Waals surface area contributed by atoms with Crippen LogP contribution in [0.4, 0.5) is 4.79 Å². The van der Waals surface area contributed by atoms with Crippen LogP contribution in [0.2, 0.25) is 0 Å². The lowest BCUT2D eigenvalue weighted by Crippen LogP contribution is -2.34. The van der Waals surface area contributed by atoms with Gasteiger partial charge in [-0.25, -0.2) is 9.59 Å². The van der Waals surface area contributed by atoms with Gasteiger partial charge in [0.1, 0.15) is 5.60 Å². The van der Waals surface area contributed by atoms with Crippen molar-refractivity contribution in [3.63, 3.8) is 0 Å². The third-order valence-electron chi connectivity index (χ3n) is 2.57. The van der Waals surface area contributed by atoms with E-state index in [9.17, 15) is 14.4 Å². The van der Waals surface area contributed by atoms with Crippen LogP contribution in [0.5, 0.6) is 0 Å². The van der Waals surface area contributed by atoms with Gasteiger partial charge in [-0.15, -0.1) is 0 Å². The molecule has 0 spiro atoms. The van der Waals surface area contributed by atoms with Crippen LogP contribution < -0.4 is 5.32 Å². The van der Waals surface area contributed by atoms with Crippen molar-refractivity contribution in [1.29, 1.82) is 0 Å². The molecule has 1 amide bonds. The smallest absolute Gasteiger partial charge is 0.407 e. The number of amides is 1. The number of carbonyl (C=O) groups excluding carboxylic acids is 2. The largest absolute Gasteiger partial charge is 0.478 e. The van der Waals surface area contributed by atoms with Crippen molar-refractivity contribution in [2.75, 3.05) is 6.54 Å². The maximum absolute atomic E-state index is 11.7. The predicted molar refractivity (Wildman–Crippen MR) is 81.8 cm³/mol. The number of carboxylic acids is 1. The Hall–Kier alpha value is -2.57. The number of hydrogen-bond acceptors (Lipinski definition) is 5. The number of rotatable bonds is 6. The summed E-state index contributed by atoms with van der Waals surface area (Å²) in [6.07, 6.45) is -2.18. The number of carbonyl (C=O) groups is 3. The monoisotopic (exact) mass is 323 g/mol. The van der Waals surface area contributed by atoms with E-state index in [0.29, 0.717) is 5.56 Å². The van der Waals surface area contributed by atoms with Crippen molar-refractivity contribution < 1.29 is 29.0 Å². The zero-order valence-electron chi connectivity index (χ0n) is 13.4. The van der Waals surface area contributed by atoms with Gasteiger partial charge < -0.3 is 19.9 Å². The number of esters is 1. The lowest BCUT2D eigenvalue weighted by atomic mass is 10.1. The first-order chi connectivity index (χ1) is 10.7. The standard InChI is InChI=1S/C16H21NO6/c1-16(2,3)23-15(21)17-10-9-12(18)22-13(14(19)20)11-7-5-4-6-8-11/h4-8,13H,9-10H2,1-3H3,(H,17,21)(H,19,20)/t13-/m0/s1. The number of nitrogens with one attached hydrogen (secondary N) is 1. The molecule has 1 aromatic carbocycles. The minimum atomic E-state index is -1.37. The van der Waals surface area contributed by atoms with E-state index >= 15 is 0 Å². The third-order valence-corrected chi connectivity index (χ3v) is 2.57. The van der Waals surface area contributed by atoms with E-state index in [0.717, 1.165) is 0 Å². The lowest BCUT2D eigenvalue weighted by molar-refractivity contribution is -0.164. The second kappa shape index (κ2) is 8.17. The highest BCUT2D eigenvalue weighted by Gasteiger charge is 2.24. The molecular formula is C16H21NO6. The SMILES string of the molecule is CC(C)(C)OC(=O)NCCC(=O)O[C@H](C(=O)O)c1ccccc1. The topological polar surface area (TPSA) is 102 Å². The first-order valence-corrected chi connectivity index (χ1v) is 7.13. The summed E-state index contributed by atoms with van der Waals surface area (Å²) in [4.78, 5) is 34.3. The Labute approximate surface area is 134 Å². The molecule has 0 saturated heterocycles. The highest BCUT2D eigenvalue weighted by atomic mass is 16.6. The summed E-state index contributed by atoms with van der Waals surface area (Å²) in [6.45, 7) is 5.16. The van der Waals surface area contributed by atoms with E-state index < -0.39 is 29.7 Å². The zero-order valence-corrected chi connectivity index (χ0v) is 13.4. The molecule has 126 valence electrons. The van der Waals surface area contributed by atoms with Gasteiger partial charge in [0, 0.05) is 12.1 Å². The average molecular weight is 323 g/mol. The van der Waals surface area contributed by atoms with Gasteiger partial charge in [0.05, 0.1) is 6.42 Å². The van der Waals surface area contributed by atoms with Crippen molar-refractivity contribution in [2.45, 2.75) is 38.9 Å². The van der Waals surface area contributed by atoms with Gasteiger partial charge in [-0.05, 0) is 20.8 Å². The van der Waals surface area contributed by atoms with Crippen LogP contribution >= 0.6 is 0 Å². The molecule has 0 aliphatic rings. The molecule has 7 nitrogen and oxygen atoms in total. The van der Waals surface area contributed by atoms with Gasteiger partial charge in [0.25, 0.3) is 0 Å². The number of alkyl carbamates (subject to hydrolysis) is 1. The summed E-state index contributed by atoms with van der Waals surface area (Å²) < 4.78 is 9.96. The van der Waals surface area contributed by atoms with E-state index in [1.807, 2.05) is 0 Å². The Balaban J connectivity index is 2.46. The molecule has 2 N–H and O–H groups in total. The van der Waals surface area contributed by atoms with Crippen molar-refractivity contribution in [1.82, 2.24) is 5.32 Å². The quantitative estimate of drug-likeness (QED) is 0.779. The van der Waals surface area contributed by atoms with Crippen molar-refractivity contribution in [3.05, 3.63) is 35.9 Å². The molecular weight excluding hydrogens is 302 g/mol. The Morgan fingerprint density at radius 3 is 2.30 bits per heavy atom. The molecule has 1 rings (SSSR count). The molecule has 0 aliphatic carbocycles. The first-order valence-electron chi connectivity index (χ1n) is 7.13. The molecule has 1 aromatic rings. The molecule has 7 heteroatoms. The maximum atomic E-state index is 11.7. The summed E-state index contributed by atoms with van der Waals surface area (Å²) in [5.74, 6) is -1.98. The van der Waals surface area contributed by atoms with Gasteiger partial charge >= 0.3 is 18.0 Å². The molecule has 1 atom stereocenters. The molecule has 0 bridgehead atoms. The predicted octanol–water partition coefficient (Wildman–Crippen LogP) is 2.27.